The lowest BCUT2D eigenvalue weighted by Gasteiger charge is -2.27. The molecule has 1 unspecified atom stereocenters. The first-order valence-corrected chi connectivity index (χ1v) is 10.4. The van der Waals surface area contributed by atoms with Crippen molar-refractivity contribution >= 4 is 28.6 Å². The number of carbonyl (C=O) groups is 2. The fourth-order valence-corrected chi connectivity index (χ4v) is 3.63. The lowest BCUT2D eigenvalue weighted by Crippen LogP contribution is -2.50. The van der Waals surface area contributed by atoms with Gasteiger partial charge in [0.1, 0.15) is 11.2 Å². The van der Waals surface area contributed by atoms with Gasteiger partial charge in [-0.05, 0) is 43.0 Å². The second kappa shape index (κ2) is 7.98. The number of hydrogen-bond acceptors (Lipinski definition) is 5. The van der Waals surface area contributed by atoms with E-state index in [4.69, 9.17) is 4.74 Å². The van der Waals surface area contributed by atoms with Crippen LogP contribution < -0.4 is 5.32 Å². The molecule has 3 heterocycles. The molecule has 160 valence electrons. The van der Waals surface area contributed by atoms with Gasteiger partial charge in [-0.1, -0.05) is 32.0 Å². The predicted octanol–water partition coefficient (Wildman–Crippen LogP) is 3.56. The van der Waals surface area contributed by atoms with Crippen LogP contribution in [0.25, 0.3) is 10.9 Å². The lowest BCUT2D eigenvalue weighted by atomic mass is 9.88. The third-order valence-corrected chi connectivity index (χ3v) is 5.94. The molecule has 2 aromatic heterocycles. The summed E-state index contributed by atoms with van der Waals surface area (Å²) in [5.74, 6) is -0.414. The number of esters is 1. The Bertz CT molecular complexity index is 1190. The Morgan fingerprint density at radius 1 is 1.26 bits per heavy atom. The number of amidine groups is 1. The molecule has 3 aromatic rings. The lowest BCUT2D eigenvalue weighted by molar-refractivity contribution is -0.123. The number of amides is 1. The Hall–Kier alpha value is -3.48. The highest BCUT2D eigenvalue weighted by molar-refractivity contribution is 6.16. The van der Waals surface area contributed by atoms with Gasteiger partial charge in [0.05, 0.1) is 12.2 Å². The van der Waals surface area contributed by atoms with E-state index in [1.165, 1.54) is 0 Å². The minimum Gasteiger partial charge on any atom is -0.462 e. The van der Waals surface area contributed by atoms with Crippen molar-refractivity contribution in [3.63, 3.8) is 0 Å². The largest absolute Gasteiger partial charge is 0.462 e. The van der Waals surface area contributed by atoms with Crippen molar-refractivity contribution in [2.75, 3.05) is 6.61 Å². The van der Waals surface area contributed by atoms with E-state index in [2.05, 4.69) is 20.3 Å². The first-order valence-electron chi connectivity index (χ1n) is 10.4. The molecule has 1 aliphatic rings. The first-order chi connectivity index (χ1) is 14.8. The Labute approximate surface area is 180 Å². The molecule has 7 nitrogen and oxygen atoms in total. The number of nitrogens with one attached hydrogen (secondary N) is 2. The molecular weight excluding hydrogens is 392 g/mol. The number of aromatic amines is 1. The van der Waals surface area contributed by atoms with Gasteiger partial charge in [0.15, 0.2) is 5.84 Å². The number of rotatable bonds is 6. The van der Waals surface area contributed by atoms with Gasteiger partial charge in [-0.15, -0.1) is 0 Å². The number of pyridine rings is 1. The molecule has 1 aliphatic heterocycles. The van der Waals surface area contributed by atoms with Gasteiger partial charge in [-0.2, -0.15) is 4.99 Å². The van der Waals surface area contributed by atoms with Crippen LogP contribution in [0.15, 0.2) is 47.7 Å². The zero-order valence-corrected chi connectivity index (χ0v) is 18.2. The summed E-state index contributed by atoms with van der Waals surface area (Å²) in [4.78, 5) is 37.2. The smallest absolute Gasteiger partial charge is 0.340 e. The van der Waals surface area contributed by atoms with Crippen LogP contribution in [0, 0.1) is 12.8 Å². The van der Waals surface area contributed by atoms with Crippen LogP contribution in [0.3, 0.4) is 0 Å². The number of fused-ring (bicyclic) bond motifs is 1. The minimum absolute atomic E-state index is 0.0262. The Kier molecular flexibility index (Phi) is 5.35. The normalized spacial score (nSPS) is 18.4. The number of carbonyl (C=O) groups excluding carboxylic acids is 2. The average molecular weight is 418 g/mol. The monoisotopic (exact) mass is 418 g/mol. The molecule has 1 aromatic carbocycles. The molecular formula is C24H26N4O3. The van der Waals surface area contributed by atoms with E-state index < -0.39 is 11.5 Å². The maximum absolute atomic E-state index is 12.9. The second-order valence-corrected chi connectivity index (χ2v) is 8.40. The van der Waals surface area contributed by atoms with Crippen LogP contribution in [0.1, 0.15) is 48.0 Å². The number of aromatic nitrogens is 2. The van der Waals surface area contributed by atoms with Gasteiger partial charge in [0, 0.05) is 29.7 Å². The predicted molar refractivity (Wildman–Crippen MR) is 119 cm³/mol. The summed E-state index contributed by atoms with van der Waals surface area (Å²) in [7, 11) is 0. The van der Waals surface area contributed by atoms with Gasteiger partial charge in [-0.3, -0.25) is 9.78 Å². The average Bonchev–Trinajstić information content (AvgIpc) is 3.29. The van der Waals surface area contributed by atoms with E-state index in [9.17, 15) is 9.59 Å². The molecule has 0 bridgehead atoms. The van der Waals surface area contributed by atoms with Crippen molar-refractivity contribution in [1.29, 1.82) is 0 Å². The molecule has 2 N–H and O–H groups in total. The zero-order valence-electron chi connectivity index (χ0n) is 18.2. The van der Waals surface area contributed by atoms with Crippen molar-refractivity contribution in [1.82, 2.24) is 15.3 Å². The summed E-state index contributed by atoms with van der Waals surface area (Å²) >= 11 is 0. The molecule has 1 amide bonds. The van der Waals surface area contributed by atoms with E-state index in [0.29, 0.717) is 23.5 Å². The molecule has 31 heavy (non-hydrogen) atoms. The molecule has 0 saturated heterocycles. The Morgan fingerprint density at radius 2 is 2.03 bits per heavy atom. The van der Waals surface area contributed by atoms with Crippen LogP contribution in [0.2, 0.25) is 0 Å². The Balaban J connectivity index is 1.52. The van der Waals surface area contributed by atoms with E-state index in [-0.39, 0.29) is 18.4 Å². The number of aryl methyl sites for hydroxylation is 1. The molecule has 4 rings (SSSR count). The van der Waals surface area contributed by atoms with Gasteiger partial charge in [-0.25, -0.2) is 4.79 Å². The molecule has 0 saturated carbocycles. The molecule has 7 heteroatoms. The number of hydrogen-bond donors (Lipinski definition) is 2. The summed E-state index contributed by atoms with van der Waals surface area (Å²) in [6, 6.07) is 9.73. The summed E-state index contributed by atoms with van der Waals surface area (Å²) in [5, 5.41) is 4.29. The number of benzene rings is 1. The quantitative estimate of drug-likeness (QED) is 0.597. The van der Waals surface area contributed by atoms with Gasteiger partial charge in [0.2, 0.25) is 0 Å². The fourth-order valence-electron chi connectivity index (χ4n) is 3.63. The topological polar surface area (TPSA) is 96.4 Å². The minimum atomic E-state index is -0.821. The maximum Gasteiger partial charge on any atom is 0.340 e. The molecule has 0 radical (unpaired) electrons. The highest BCUT2D eigenvalue weighted by Crippen LogP contribution is 2.25. The summed E-state index contributed by atoms with van der Waals surface area (Å²) in [5.41, 5.74) is 2.77. The standard InChI is InChI=1S/C24H26N4O3/c1-14(2)24(4)23(30)27-21(28-24)20-18(11-15(3)12-26-20)22(29)31-10-9-16-13-25-19-8-6-5-7-17(16)19/h5-8,11-14,25H,9-10H2,1-4H3,(H,27,28,30). The highest BCUT2D eigenvalue weighted by Gasteiger charge is 2.43. The van der Waals surface area contributed by atoms with E-state index in [1.807, 2.05) is 58.2 Å². The van der Waals surface area contributed by atoms with Crippen molar-refractivity contribution in [2.45, 2.75) is 39.7 Å². The molecule has 0 spiro atoms. The van der Waals surface area contributed by atoms with Crippen LogP contribution in [0.4, 0.5) is 0 Å². The highest BCUT2D eigenvalue weighted by atomic mass is 16.5. The second-order valence-electron chi connectivity index (χ2n) is 8.40. The van der Waals surface area contributed by atoms with Crippen LogP contribution in [-0.2, 0) is 16.0 Å². The van der Waals surface area contributed by atoms with Crippen LogP contribution in [0.5, 0.6) is 0 Å². The number of aliphatic imine (C=N–C) groups is 1. The number of para-hydroxylation sites is 1. The summed E-state index contributed by atoms with van der Waals surface area (Å²) < 4.78 is 5.57. The van der Waals surface area contributed by atoms with E-state index in [1.54, 1.807) is 12.3 Å². The first kappa shape index (κ1) is 20.8. The summed E-state index contributed by atoms with van der Waals surface area (Å²) in [6.45, 7) is 7.80. The van der Waals surface area contributed by atoms with E-state index >= 15 is 0 Å². The molecule has 1 atom stereocenters. The third-order valence-electron chi connectivity index (χ3n) is 5.94. The van der Waals surface area contributed by atoms with Crippen LogP contribution >= 0.6 is 0 Å². The Morgan fingerprint density at radius 3 is 2.77 bits per heavy atom. The number of ether oxygens (including phenoxy) is 1. The third kappa shape index (κ3) is 3.83. The van der Waals surface area contributed by atoms with Gasteiger partial charge < -0.3 is 15.0 Å². The van der Waals surface area contributed by atoms with Crippen LogP contribution in [-0.4, -0.2) is 39.8 Å². The number of H-pyrrole nitrogens is 1. The van der Waals surface area contributed by atoms with Crippen molar-refractivity contribution in [2.24, 2.45) is 10.9 Å². The van der Waals surface area contributed by atoms with Gasteiger partial charge >= 0.3 is 5.97 Å². The van der Waals surface area contributed by atoms with E-state index in [0.717, 1.165) is 22.0 Å². The zero-order chi connectivity index (χ0) is 22.2. The van der Waals surface area contributed by atoms with Crippen molar-refractivity contribution in [3.05, 3.63) is 65.1 Å². The van der Waals surface area contributed by atoms with Gasteiger partial charge in [0.25, 0.3) is 5.91 Å². The SMILES string of the molecule is Cc1cnc(C2=NC(=O)C(C)(C(C)C)N2)c(C(=O)OCCc2c[nH]c3ccccc23)c1. The number of nitrogens with zero attached hydrogens (tertiary/aromatic N) is 2. The maximum atomic E-state index is 12.9. The molecule has 0 fully saturated rings. The van der Waals surface area contributed by atoms with Crippen molar-refractivity contribution in [3.8, 4) is 0 Å². The summed E-state index contributed by atoms with van der Waals surface area (Å²) in [6.07, 6.45) is 4.18. The van der Waals surface area contributed by atoms with Crippen molar-refractivity contribution < 1.29 is 14.3 Å². The fraction of sp³-hybridized carbons (Fsp3) is 0.333. The molecule has 0 aliphatic carbocycles.